The number of para-hydroxylation sites is 1. The number of esters is 1. The van der Waals surface area contributed by atoms with Crippen LogP contribution in [-0.4, -0.2) is 24.2 Å². The summed E-state index contributed by atoms with van der Waals surface area (Å²) >= 11 is 6.22. The fourth-order valence-electron chi connectivity index (χ4n) is 2.94. The first kappa shape index (κ1) is 12.8. The molecular weight excluding hydrogens is 266 g/mol. The number of ether oxygens (including phenoxy) is 2. The van der Waals surface area contributed by atoms with E-state index in [-0.39, 0.29) is 30.3 Å². The summed E-state index contributed by atoms with van der Waals surface area (Å²) in [6.07, 6.45) is 0.391. The number of hydrogen-bond donors (Lipinski definition) is 1. The number of rotatable bonds is 1. The predicted octanol–water partition coefficient (Wildman–Crippen LogP) is 2.92. The SMILES string of the molecule is CC(=O)O[C@@H]1[C@@H]2C[C@H](O[C@H]1C)c1cccc(Cl)c1N2. The second-order valence-electron chi connectivity index (χ2n) is 5.09. The lowest BCUT2D eigenvalue weighted by molar-refractivity contribution is -0.170. The first-order valence-corrected chi connectivity index (χ1v) is 6.81. The number of nitrogens with one attached hydrogen (secondary N) is 1. The molecule has 0 unspecified atom stereocenters. The van der Waals surface area contributed by atoms with E-state index in [9.17, 15) is 4.79 Å². The van der Waals surface area contributed by atoms with Crippen molar-refractivity contribution in [3.63, 3.8) is 0 Å². The Hall–Kier alpha value is -1.26. The summed E-state index contributed by atoms with van der Waals surface area (Å²) in [6, 6.07) is 5.84. The van der Waals surface area contributed by atoms with Crippen LogP contribution in [0.5, 0.6) is 0 Å². The van der Waals surface area contributed by atoms with Gasteiger partial charge in [-0.05, 0) is 13.0 Å². The molecule has 5 heteroatoms. The third kappa shape index (κ3) is 2.19. The molecule has 2 aliphatic rings. The first-order chi connectivity index (χ1) is 9.06. The van der Waals surface area contributed by atoms with Gasteiger partial charge in [-0.3, -0.25) is 4.79 Å². The van der Waals surface area contributed by atoms with E-state index in [0.717, 1.165) is 17.7 Å². The smallest absolute Gasteiger partial charge is 0.303 e. The van der Waals surface area contributed by atoms with Crippen molar-refractivity contribution in [1.82, 2.24) is 0 Å². The van der Waals surface area contributed by atoms with Gasteiger partial charge in [0.15, 0.2) is 0 Å². The molecule has 2 heterocycles. The Morgan fingerprint density at radius 1 is 1.53 bits per heavy atom. The maximum Gasteiger partial charge on any atom is 0.303 e. The third-order valence-corrected chi connectivity index (χ3v) is 4.05. The molecule has 2 bridgehead atoms. The molecule has 0 radical (unpaired) electrons. The van der Waals surface area contributed by atoms with E-state index in [4.69, 9.17) is 21.1 Å². The van der Waals surface area contributed by atoms with Crippen molar-refractivity contribution in [3.05, 3.63) is 28.8 Å². The summed E-state index contributed by atoms with van der Waals surface area (Å²) in [5.41, 5.74) is 1.98. The van der Waals surface area contributed by atoms with E-state index < -0.39 is 0 Å². The van der Waals surface area contributed by atoms with E-state index >= 15 is 0 Å². The van der Waals surface area contributed by atoms with Crippen LogP contribution in [0.2, 0.25) is 5.02 Å². The molecule has 0 saturated carbocycles. The van der Waals surface area contributed by atoms with Crippen LogP contribution in [-0.2, 0) is 14.3 Å². The minimum atomic E-state index is -0.286. The Morgan fingerprint density at radius 3 is 3.05 bits per heavy atom. The molecule has 2 aliphatic heterocycles. The fraction of sp³-hybridized carbons (Fsp3) is 0.500. The Balaban J connectivity index is 1.94. The van der Waals surface area contributed by atoms with E-state index in [1.807, 2.05) is 25.1 Å². The second kappa shape index (κ2) is 4.69. The highest BCUT2D eigenvalue weighted by atomic mass is 35.5. The molecule has 19 heavy (non-hydrogen) atoms. The van der Waals surface area contributed by atoms with Crippen LogP contribution >= 0.6 is 11.6 Å². The Morgan fingerprint density at radius 2 is 2.32 bits per heavy atom. The molecule has 3 rings (SSSR count). The van der Waals surface area contributed by atoms with Gasteiger partial charge in [0.2, 0.25) is 0 Å². The van der Waals surface area contributed by atoms with Crippen molar-refractivity contribution in [1.29, 1.82) is 0 Å². The van der Waals surface area contributed by atoms with Crippen molar-refractivity contribution in [3.8, 4) is 0 Å². The number of hydrogen-bond acceptors (Lipinski definition) is 4. The summed E-state index contributed by atoms with van der Waals surface area (Å²) in [6.45, 7) is 3.35. The van der Waals surface area contributed by atoms with Crippen molar-refractivity contribution in [2.24, 2.45) is 0 Å². The zero-order chi connectivity index (χ0) is 13.6. The van der Waals surface area contributed by atoms with E-state index in [1.54, 1.807) is 0 Å². The normalized spacial score (nSPS) is 32.2. The number of benzene rings is 1. The highest BCUT2D eigenvalue weighted by molar-refractivity contribution is 6.33. The van der Waals surface area contributed by atoms with Gasteiger partial charge in [-0.2, -0.15) is 0 Å². The first-order valence-electron chi connectivity index (χ1n) is 6.44. The lowest BCUT2D eigenvalue weighted by Gasteiger charge is -2.45. The van der Waals surface area contributed by atoms with Crippen molar-refractivity contribution >= 4 is 23.3 Å². The molecule has 4 nitrogen and oxygen atoms in total. The zero-order valence-corrected chi connectivity index (χ0v) is 11.6. The molecule has 0 amide bonds. The summed E-state index contributed by atoms with van der Waals surface area (Å²) in [4.78, 5) is 11.2. The van der Waals surface area contributed by atoms with Gasteiger partial charge in [0.05, 0.1) is 29.0 Å². The van der Waals surface area contributed by atoms with Crippen molar-refractivity contribution in [2.75, 3.05) is 5.32 Å². The van der Waals surface area contributed by atoms with Gasteiger partial charge in [0.1, 0.15) is 6.10 Å². The minimum Gasteiger partial charge on any atom is -0.458 e. The van der Waals surface area contributed by atoms with Crippen LogP contribution in [0.1, 0.15) is 31.9 Å². The van der Waals surface area contributed by atoms with Gasteiger partial charge in [-0.15, -0.1) is 0 Å². The monoisotopic (exact) mass is 281 g/mol. The largest absolute Gasteiger partial charge is 0.458 e. The average molecular weight is 282 g/mol. The van der Waals surface area contributed by atoms with Gasteiger partial charge in [0, 0.05) is 18.9 Å². The van der Waals surface area contributed by atoms with Crippen LogP contribution < -0.4 is 5.32 Å². The lowest BCUT2D eigenvalue weighted by Crippen LogP contribution is -2.52. The Labute approximate surface area is 117 Å². The van der Waals surface area contributed by atoms with Crippen LogP contribution in [0.25, 0.3) is 0 Å². The zero-order valence-electron chi connectivity index (χ0n) is 10.9. The summed E-state index contributed by atoms with van der Waals surface area (Å²) in [7, 11) is 0. The molecule has 4 atom stereocenters. The van der Waals surface area contributed by atoms with Gasteiger partial charge in [0.25, 0.3) is 0 Å². The fourth-order valence-corrected chi connectivity index (χ4v) is 3.18. The van der Waals surface area contributed by atoms with Crippen LogP contribution in [0, 0.1) is 0 Å². The van der Waals surface area contributed by atoms with E-state index in [1.165, 1.54) is 6.92 Å². The maximum atomic E-state index is 11.2. The van der Waals surface area contributed by atoms with Crippen LogP contribution in [0.3, 0.4) is 0 Å². The molecule has 0 aromatic heterocycles. The minimum absolute atomic E-state index is 0.0155. The highest BCUT2D eigenvalue weighted by Crippen LogP contribution is 2.44. The molecule has 1 N–H and O–H groups in total. The molecule has 1 saturated heterocycles. The van der Waals surface area contributed by atoms with E-state index in [2.05, 4.69) is 5.32 Å². The van der Waals surface area contributed by atoms with E-state index in [0.29, 0.717) is 5.02 Å². The molecule has 102 valence electrons. The molecule has 1 aromatic carbocycles. The molecule has 0 aliphatic carbocycles. The number of carbonyl (C=O) groups excluding carboxylic acids is 1. The quantitative estimate of drug-likeness (QED) is 0.804. The number of fused-ring (bicyclic) bond motifs is 4. The lowest BCUT2D eigenvalue weighted by atomic mass is 9.87. The third-order valence-electron chi connectivity index (χ3n) is 3.73. The van der Waals surface area contributed by atoms with Crippen molar-refractivity contribution < 1.29 is 14.3 Å². The summed E-state index contributed by atoms with van der Waals surface area (Å²) < 4.78 is 11.4. The maximum absolute atomic E-state index is 11.2. The molecule has 0 spiro atoms. The van der Waals surface area contributed by atoms with Gasteiger partial charge in [-0.25, -0.2) is 0 Å². The molecule has 1 fully saturated rings. The summed E-state index contributed by atoms with van der Waals surface area (Å²) in [5, 5.41) is 4.07. The standard InChI is InChI=1S/C14H16ClNO3/c1-7-14(19-8(2)17)11-6-12(18-7)9-4-3-5-10(15)13(9)16-11/h3-5,7,11-12,14,16H,6H2,1-2H3/t7-,11-,12-,14-/m0/s1. The van der Waals surface area contributed by atoms with Crippen molar-refractivity contribution in [2.45, 2.75) is 44.6 Å². The molecule has 1 aromatic rings. The topological polar surface area (TPSA) is 47.6 Å². The highest BCUT2D eigenvalue weighted by Gasteiger charge is 2.43. The van der Waals surface area contributed by atoms with Crippen LogP contribution in [0.4, 0.5) is 5.69 Å². The Bertz CT molecular complexity index is 519. The second-order valence-corrected chi connectivity index (χ2v) is 5.50. The number of anilines is 1. The van der Waals surface area contributed by atoms with Gasteiger partial charge in [-0.1, -0.05) is 23.7 Å². The summed E-state index contributed by atoms with van der Waals surface area (Å²) in [5.74, 6) is -0.286. The average Bonchev–Trinajstić information content (AvgIpc) is 2.35. The predicted molar refractivity (Wildman–Crippen MR) is 72.3 cm³/mol. The van der Waals surface area contributed by atoms with Gasteiger partial charge >= 0.3 is 5.97 Å². The number of carbonyl (C=O) groups is 1. The molecular formula is C14H16ClNO3. The van der Waals surface area contributed by atoms with Gasteiger partial charge < -0.3 is 14.8 Å². The number of halogens is 1. The Kier molecular flexibility index (Phi) is 3.15. The van der Waals surface area contributed by atoms with Crippen LogP contribution in [0.15, 0.2) is 18.2 Å².